The van der Waals surface area contributed by atoms with Crippen LogP contribution in [-0.4, -0.2) is 82.0 Å². The quantitative estimate of drug-likeness (QED) is 0.412. The van der Waals surface area contributed by atoms with Crippen LogP contribution >= 0.6 is 0 Å². The number of nitrogens with one attached hydrogen (secondary N) is 1. The van der Waals surface area contributed by atoms with Crippen molar-refractivity contribution in [2.24, 2.45) is 0 Å². The van der Waals surface area contributed by atoms with Gasteiger partial charge in [0.2, 0.25) is 5.95 Å². The lowest BCUT2D eigenvalue weighted by Crippen LogP contribution is -2.44. The van der Waals surface area contributed by atoms with Crippen molar-refractivity contribution < 1.29 is 4.79 Å². The molecule has 0 unspecified atom stereocenters. The molecule has 37 heavy (non-hydrogen) atoms. The van der Waals surface area contributed by atoms with Crippen molar-refractivity contribution in [3.63, 3.8) is 0 Å². The van der Waals surface area contributed by atoms with E-state index in [-0.39, 0.29) is 11.9 Å². The molecule has 1 aliphatic rings. The zero-order valence-electron chi connectivity index (χ0n) is 21.4. The van der Waals surface area contributed by atoms with Crippen LogP contribution in [0, 0.1) is 0 Å². The highest BCUT2D eigenvalue weighted by molar-refractivity contribution is 6.04. The van der Waals surface area contributed by atoms with Gasteiger partial charge in [0.15, 0.2) is 0 Å². The number of amides is 1. The van der Waals surface area contributed by atoms with Crippen LogP contribution in [0.5, 0.6) is 0 Å². The molecule has 3 aromatic heterocycles. The first kappa shape index (κ1) is 24.5. The minimum absolute atomic E-state index is 0.246. The number of hydrogen-bond donors (Lipinski definition) is 1. The van der Waals surface area contributed by atoms with Gasteiger partial charge in [0, 0.05) is 68.2 Å². The van der Waals surface area contributed by atoms with Gasteiger partial charge in [0.1, 0.15) is 11.6 Å². The number of carbonyl (C=O) groups is 1. The second kappa shape index (κ2) is 10.8. The fourth-order valence-electron chi connectivity index (χ4n) is 4.38. The molecule has 1 aromatic carbocycles. The second-order valence-electron chi connectivity index (χ2n) is 9.05. The highest BCUT2D eigenvalue weighted by atomic mass is 16.1. The van der Waals surface area contributed by atoms with Gasteiger partial charge in [-0.2, -0.15) is 0 Å². The van der Waals surface area contributed by atoms with Crippen LogP contribution in [0.1, 0.15) is 24.2 Å². The topological polar surface area (TPSA) is 103 Å². The van der Waals surface area contributed by atoms with Crippen LogP contribution in [0.15, 0.2) is 55.1 Å². The molecule has 1 N–H and O–H groups in total. The fraction of sp³-hybridized carbons (Fsp3) is 0.333. The van der Waals surface area contributed by atoms with Crippen molar-refractivity contribution in [3.05, 3.63) is 60.7 Å². The summed E-state index contributed by atoms with van der Waals surface area (Å²) < 4.78 is 0. The van der Waals surface area contributed by atoms with E-state index in [1.807, 2.05) is 24.3 Å². The van der Waals surface area contributed by atoms with E-state index in [1.54, 1.807) is 30.9 Å². The average molecular weight is 498 g/mol. The zero-order valence-corrected chi connectivity index (χ0v) is 21.4. The molecule has 10 nitrogen and oxygen atoms in total. The number of benzene rings is 1. The summed E-state index contributed by atoms with van der Waals surface area (Å²) in [5.41, 5.74) is 2.90. The first-order valence-electron chi connectivity index (χ1n) is 12.6. The van der Waals surface area contributed by atoms with E-state index in [0.29, 0.717) is 11.1 Å². The first-order chi connectivity index (χ1) is 18.0. The Kier molecular flexibility index (Phi) is 7.18. The van der Waals surface area contributed by atoms with Gasteiger partial charge in [-0.15, -0.1) is 0 Å². The average Bonchev–Trinajstić information content (AvgIpc) is 2.94. The van der Waals surface area contributed by atoms with Gasteiger partial charge >= 0.3 is 0 Å². The van der Waals surface area contributed by atoms with E-state index in [2.05, 4.69) is 60.8 Å². The molecule has 0 bridgehead atoms. The molecule has 190 valence electrons. The molecule has 0 atom stereocenters. The minimum Gasteiger partial charge on any atom is -0.356 e. The number of pyridine rings is 1. The molecule has 10 heteroatoms. The number of carbonyl (C=O) groups excluding carboxylic acids is 1. The van der Waals surface area contributed by atoms with Crippen LogP contribution in [0.4, 0.5) is 17.6 Å². The Hall–Kier alpha value is -4.18. The first-order valence-corrected chi connectivity index (χ1v) is 12.6. The summed E-state index contributed by atoms with van der Waals surface area (Å²) in [6.07, 6.45) is 6.91. The molecule has 0 radical (unpaired) electrons. The summed E-state index contributed by atoms with van der Waals surface area (Å²) in [5.74, 6) is 1.62. The van der Waals surface area contributed by atoms with Crippen LogP contribution in [0.3, 0.4) is 0 Å². The van der Waals surface area contributed by atoms with E-state index in [4.69, 9.17) is 4.98 Å². The van der Waals surface area contributed by atoms with Gasteiger partial charge in [-0.05, 0) is 39.1 Å². The predicted molar refractivity (Wildman–Crippen MR) is 146 cm³/mol. The molecular weight excluding hydrogens is 466 g/mol. The second-order valence-corrected chi connectivity index (χ2v) is 9.05. The lowest BCUT2D eigenvalue weighted by Gasteiger charge is -2.33. The van der Waals surface area contributed by atoms with E-state index in [9.17, 15) is 4.79 Å². The molecule has 0 spiro atoms. The summed E-state index contributed by atoms with van der Waals surface area (Å²) in [7, 11) is 2.11. The maximum Gasteiger partial charge on any atom is 0.258 e. The summed E-state index contributed by atoms with van der Waals surface area (Å²) in [6.45, 7) is 9.61. The van der Waals surface area contributed by atoms with Crippen LogP contribution < -0.4 is 15.1 Å². The van der Waals surface area contributed by atoms with Crippen molar-refractivity contribution in [1.29, 1.82) is 0 Å². The van der Waals surface area contributed by atoms with Gasteiger partial charge in [-0.25, -0.2) is 19.9 Å². The standard InChI is InChI=1S/C27H31N9O/c1-4-35(5-2)25-18-28-17-23(31-25)19-6-7-21-16-30-27(32-22(21)14-19)33-26(37)20-8-9-29-24(15-20)36-12-10-34(3)11-13-36/h6-9,14-18H,4-5,10-13H2,1-3H3,(H,30,32,33,37). The molecule has 1 aliphatic heterocycles. The maximum atomic E-state index is 13.0. The van der Waals surface area contributed by atoms with Crippen molar-refractivity contribution >= 4 is 34.4 Å². The highest BCUT2D eigenvalue weighted by Gasteiger charge is 2.17. The van der Waals surface area contributed by atoms with Crippen molar-refractivity contribution in [1.82, 2.24) is 29.8 Å². The van der Waals surface area contributed by atoms with E-state index in [1.165, 1.54) is 0 Å². The predicted octanol–water partition coefficient (Wildman–Crippen LogP) is 3.33. The van der Waals surface area contributed by atoms with Gasteiger partial charge in [-0.3, -0.25) is 15.1 Å². The normalized spacial score (nSPS) is 14.1. The van der Waals surface area contributed by atoms with Gasteiger partial charge in [0.05, 0.1) is 23.6 Å². The third-order valence-corrected chi connectivity index (χ3v) is 6.65. The minimum atomic E-state index is -0.272. The third-order valence-electron chi connectivity index (χ3n) is 6.65. The Morgan fingerprint density at radius 2 is 1.78 bits per heavy atom. The Morgan fingerprint density at radius 3 is 2.57 bits per heavy atom. The smallest absolute Gasteiger partial charge is 0.258 e. The van der Waals surface area contributed by atoms with E-state index < -0.39 is 0 Å². The maximum absolute atomic E-state index is 13.0. The summed E-state index contributed by atoms with van der Waals surface area (Å²) in [4.78, 5) is 42.2. The number of likely N-dealkylation sites (N-methyl/N-ethyl adjacent to an activating group) is 1. The number of aromatic nitrogens is 5. The number of rotatable bonds is 7. The number of nitrogens with zero attached hydrogens (tertiary/aromatic N) is 8. The monoisotopic (exact) mass is 497 g/mol. The Labute approximate surface area is 216 Å². The SMILES string of the molecule is CCN(CC)c1cncc(-c2ccc3cnc(NC(=O)c4ccnc(N5CCN(C)CC5)c4)nc3c2)n1. The van der Waals surface area contributed by atoms with Crippen molar-refractivity contribution in [2.75, 3.05) is 61.4 Å². The van der Waals surface area contributed by atoms with Gasteiger partial charge in [-0.1, -0.05) is 12.1 Å². The fourth-order valence-corrected chi connectivity index (χ4v) is 4.38. The Bertz CT molecular complexity index is 1400. The van der Waals surface area contributed by atoms with Crippen molar-refractivity contribution in [2.45, 2.75) is 13.8 Å². The van der Waals surface area contributed by atoms with Crippen LogP contribution in [0.2, 0.25) is 0 Å². The lowest BCUT2D eigenvalue weighted by atomic mass is 10.1. The molecule has 1 saturated heterocycles. The molecule has 4 aromatic rings. The molecule has 1 amide bonds. The molecule has 0 saturated carbocycles. The van der Waals surface area contributed by atoms with E-state index in [0.717, 1.165) is 67.5 Å². The van der Waals surface area contributed by atoms with Gasteiger partial charge in [0.25, 0.3) is 5.91 Å². The van der Waals surface area contributed by atoms with Crippen LogP contribution in [-0.2, 0) is 0 Å². The van der Waals surface area contributed by atoms with Gasteiger partial charge < -0.3 is 14.7 Å². The number of anilines is 3. The molecule has 4 heterocycles. The number of piperazine rings is 1. The molecule has 5 rings (SSSR count). The number of hydrogen-bond acceptors (Lipinski definition) is 9. The lowest BCUT2D eigenvalue weighted by molar-refractivity contribution is 0.102. The third kappa shape index (κ3) is 5.49. The summed E-state index contributed by atoms with van der Waals surface area (Å²) in [5, 5.41) is 3.71. The summed E-state index contributed by atoms with van der Waals surface area (Å²) >= 11 is 0. The zero-order chi connectivity index (χ0) is 25.8. The largest absolute Gasteiger partial charge is 0.356 e. The Balaban J connectivity index is 1.36. The number of fused-ring (bicyclic) bond motifs is 1. The van der Waals surface area contributed by atoms with Crippen molar-refractivity contribution in [3.8, 4) is 11.3 Å². The van der Waals surface area contributed by atoms with E-state index >= 15 is 0 Å². The highest BCUT2D eigenvalue weighted by Crippen LogP contribution is 2.24. The Morgan fingerprint density at radius 1 is 0.973 bits per heavy atom. The molecular formula is C27H31N9O. The summed E-state index contributed by atoms with van der Waals surface area (Å²) in [6, 6.07) is 9.40. The molecule has 1 fully saturated rings. The molecule has 0 aliphatic carbocycles. The van der Waals surface area contributed by atoms with Crippen LogP contribution in [0.25, 0.3) is 22.2 Å².